The average Bonchev–Trinajstić information content (AvgIpc) is 2.27. The molecule has 1 rings (SSSR count). The molecule has 0 N–H and O–H groups in total. The largest absolute Gasteiger partial charge is 0.461 e. The molecule has 0 spiro atoms. The van der Waals surface area contributed by atoms with Crippen LogP contribution in [0, 0.1) is 3.70 Å². The van der Waals surface area contributed by atoms with Gasteiger partial charge in [0.1, 0.15) is 3.70 Å². The summed E-state index contributed by atoms with van der Waals surface area (Å²) in [6, 6.07) is 0. The van der Waals surface area contributed by atoms with Crippen molar-refractivity contribution in [2.45, 2.75) is 6.92 Å². The van der Waals surface area contributed by atoms with E-state index in [1.165, 1.54) is 4.68 Å². The normalized spacial score (nSPS) is 10.2. The molecule has 0 fully saturated rings. The lowest BCUT2D eigenvalue weighted by atomic mass is 10.4. The van der Waals surface area contributed by atoms with E-state index >= 15 is 0 Å². The Morgan fingerprint density at radius 2 is 2.38 bits per heavy atom. The van der Waals surface area contributed by atoms with Crippen LogP contribution in [0.5, 0.6) is 0 Å². The van der Waals surface area contributed by atoms with Crippen molar-refractivity contribution in [3.8, 4) is 0 Å². The van der Waals surface area contributed by atoms with Crippen LogP contribution in [-0.4, -0.2) is 22.4 Å². The SMILES string of the molecule is CCOC(=O)c1c(Br)c(I)nn1C. The first-order valence-corrected chi connectivity index (χ1v) is 5.50. The molecular weight excluding hydrogens is 351 g/mol. The van der Waals surface area contributed by atoms with Crippen molar-refractivity contribution in [3.63, 3.8) is 0 Å². The predicted molar refractivity (Wildman–Crippen MR) is 59.6 cm³/mol. The van der Waals surface area contributed by atoms with Crippen LogP contribution >= 0.6 is 38.5 Å². The maximum absolute atomic E-state index is 11.4. The molecule has 1 aromatic heterocycles. The third kappa shape index (κ3) is 2.22. The maximum atomic E-state index is 11.4. The zero-order chi connectivity index (χ0) is 10.0. The molecule has 13 heavy (non-hydrogen) atoms. The molecule has 6 heteroatoms. The fraction of sp³-hybridized carbons (Fsp3) is 0.429. The summed E-state index contributed by atoms with van der Waals surface area (Å²) < 4.78 is 7.82. The Morgan fingerprint density at radius 3 is 2.77 bits per heavy atom. The average molecular weight is 359 g/mol. The lowest BCUT2D eigenvalue weighted by Crippen LogP contribution is -2.10. The van der Waals surface area contributed by atoms with Crippen molar-refractivity contribution in [3.05, 3.63) is 13.9 Å². The smallest absolute Gasteiger partial charge is 0.357 e. The highest BCUT2D eigenvalue weighted by atomic mass is 127. The first-order valence-electron chi connectivity index (χ1n) is 3.63. The summed E-state index contributed by atoms with van der Waals surface area (Å²) in [5.41, 5.74) is 0.450. The van der Waals surface area contributed by atoms with Crippen molar-refractivity contribution in [1.29, 1.82) is 0 Å². The summed E-state index contributed by atoms with van der Waals surface area (Å²) in [5, 5.41) is 4.07. The summed E-state index contributed by atoms with van der Waals surface area (Å²) in [7, 11) is 1.71. The summed E-state index contributed by atoms with van der Waals surface area (Å²) in [6.45, 7) is 2.14. The molecule has 0 aromatic carbocycles. The zero-order valence-corrected chi connectivity index (χ0v) is 10.9. The Kier molecular flexibility index (Phi) is 3.72. The second-order valence-corrected chi connectivity index (χ2v) is 4.11. The van der Waals surface area contributed by atoms with Gasteiger partial charge in [0.2, 0.25) is 0 Å². The minimum Gasteiger partial charge on any atom is -0.461 e. The number of esters is 1. The highest BCUT2D eigenvalue weighted by molar-refractivity contribution is 14.1. The third-order valence-corrected chi connectivity index (χ3v) is 3.67. The van der Waals surface area contributed by atoms with Gasteiger partial charge < -0.3 is 4.74 Å². The van der Waals surface area contributed by atoms with Gasteiger partial charge >= 0.3 is 5.97 Å². The molecule has 0 aliphatic heterocycles. The molecule has 0 bridgehead atoms. The second-order valence-electron chi connectivity index (χ2n) is 2.30. The topological polar surface area (TPSA) is 44.1 Å². The lowest BCUT2D eigenvalue weighted by Gasteiger charge is -2.01. The number of halogens is 2. The van der Waals surface area contributed by atoms with Gasteiger partial charge in [-0.2, -0.15) is 5.10 Å². The van der Waals surface area contributed by atoms with E-state index in [9.17, 15) is 4.79 Å². The second kappa shape index (κ2) is 4.41. The highest BCUT2D eigenvalue weighted by Gasteiger charge is 2.19. The summed E-state index contributed by atoms with van der Waals surface area (Å²) in [6.07, 6.45) is 0. The highest BCUT2D eigenvalue weighted by Crippen LogP contribution is 2.22. The number of hydrogen-bond acceptors (Lipinski definition) is 3. The first-order chi connectivity index (χ1) is 6.07. The van der Waals surface area contributed by atoms with Crippen LogP contribution in [0.2, 0.25) is 0 Å². The third-order valence-electron chi connectivity index (χ3n) is 1.42. The van der Waals surface area contributed by atoms with Crippen molar-refractivity contribution >= 4 is 44.5 Å². The minimum absolute atomic E-state index is 0.354. The number of hydrogen-bond donors (Lipinski definition) is 0. The van der Waals surface area contributed by atoms with Crippen molar-refractivity contribution < 1.29 is 9.53 Å². The monoisotopic (exact) mass is 358 g/mol. The number of carbonyl (C=O) groups excluding carboxylic acids is 1. The summed E-state index contributed by atoms with van der Waals surface area (Å²) in [5.74, 6) is -0.354. The quantitative estimate of drug-likeness (QED) is 0.599. The molecule has 4 nitrogen and oxygen atoms in total. The molecule has 0 radical (unpaired) electrons. The standard InChI is InChI=1S/C7H8BrIN2O2/c1-3-13-7(12)5-4(8)6(9)10-11(5)2/h3H2,1-2H3. The van der Waals surface area contributed by atoms with Gasteiger partial charge in [0, 0.05) is 7.05 Å². The summed E-state index contributed by atoms with van der Waals surface area (Å²) in [4.78, 5) is 11.4. The van der Waals surface area contributed by atoms with Gasteiger partial charge in [-0.15, -0.1) is 0 Å². The van der Waals surface area contributed by atoms with Crippen LogP contribution in [0.3, 0.4) is 0 Å². The van der Waals surface area contributed by atoms with Crippen LogP contribution < -0.4 is 0 Å². The van der Waals surface area contributed by atoms with Crippen LogP contribution in [0.4, 0.5) is 0 Å². The molecule has 0 unspecified atom stereocenters. The molecule has 0 saturated carbocycles. The van der Waals surface area contributed by atoms with E-state index in [0.29, 0.717) is 16.8 Å². The van der Waals surface area contributed by atoms with E-state index < -0.39 is 0 Å². The van der Waals surface area contributed by atoms with Gasteiger partial charge in [-0.3, -0.25) is 4.68 Å². The fourth-order valence-electron chi connectivity index (χ4n) is 0.887. The Bertz CT molecular complexity index is 337. The zero-order valence-electron chi connectivity index (χ0n) is 7.17. The van der Waals surface area contributed by atoms with E-state index in [0.717, 1.165) is 3.70 Å². The Balaban J connectivity index is 3.06. The van der Waals surface area contributed by atoms with E-state index in [1.807, 2.05) is 22.6 Å². The maximum Gasteiger partial charge on any atom is 0.357 e. The van der Waals surface area contributed by atoms with Gasteiger partial charge in [0.25, 0.3) is 0 Å². The molecule has 1 aromatic rings. The van der Waals surface area contributed by atoms with E-state index in [2.05, 4.69) is 21.0 Å². The van der Waals surface area contributed by atoms with Crippen molar-refractivity contribution in [2.24, 2.45) is 7.05 Å². The number of rotatable bonds is 2. The number of aromatic nitrogens is 2. The molecular formula is C7H8BrIN2O2. The van der Waals surface area contributed by atoms with E-state index in [1.54, 1.807) is 14.0 Å². The molecule has 0 aliphatic carbocycles. The number of nitrogens with zero attached hydrogens (tertiary/aromatic N) is 2. The van der Waals surface area contributed by atoms with Crippen molar-refractivity contribution in [2.75, 3.05) is 6.61 Å². The Morgan fingerprint density at radius 1 is 1.77 bits per heavy atom. The summed E-state index contributed by atoms with van der Waals surface area (Å²) >= 11 is 5.33. The molecule has 0 aliphatic rings. The number of carbonyl (C=O) groups is 1. The van der Waals surface area contributed by atoms with E-state index in [4.69, 9.17) is 4.74 Å². The molecule has 0 saturated heterocycles. The number of aryl methyl sites for hydroxylation is 1. The molecule has 72 valence electrons. The van der Waals surface area contributed by atoms with Crippen molar-refractivity contribution in [1.82, 2.24) is 9.78 Å². The van der Waals surface area contributed by atoms with Crippen LogP contribution in [0.15, 0.2) is 4.47 Å². The minimum atomic E-state index is -0.354. The van der Waals surface area contributed by atoms with E-state index in [-0.39, 0.29) is 5.97 Å². The van der Waals surface area contributed by atoms with Gasteiger partial charge in [0.05, 0.1) is 11.1 Å². The first kappa shape index (κ1) is 11.0. The predicted octanol–water partition coefficient (Wildman–Crippen LogP) is 1.96. The molecule has 0 amide bonds. The molecule has 1 heterocycles. The van der Waals surface area contributed by atoms with Crippen LogP contribution in [-0.2, 0) is 11.8 Å². The van der Waals surface area contributed by atoms with Gasteiger partial charge in [-0.1, -0.05) is 0 Å². The van der Waals surface area contributed by atoms with Crippen LogP contribution in [0.25, 0.3) is 0 Å². The fourth-order valence-corrected chi connectivity index (χ4v) is 1.96. The Labute approximate surface area is 97.9 Å². The van der Waals surface area contributed by atoms with Gasteiger partial charge in [0.15, 0.2) is 5.69 Å². The number of ether oxygens (including phenoxy) is 1. The van der Waals surface area contributed by atoms with Crippen LogP contribution in [0.1, 0.15) is 17.4 Å². The van der Waals surface area contributed by atoms with Gasteiger partial charge in [-0.05, 0) is 45.4 Å². The Hall–Kier alpha value is -0.110. The van der Waals surface area contributed by atoms with Gasteiger partial charge in [-0.25, -0.2) is 4.79 Å². The molecule has 0 atom stereocenters. The lowest BCUT2D eigenvalue weighted by molar-refractivity contribution is 0.0512.